The number of methoxy groups -OCH3 is 2. The third-order valence-corrected chi connectivity index (χ3v) is 8.63. The van der Waals surface area contributed by atoms with Crippen LogP contribution in [0.1, 0.15) is 74.1 Å². The number of alkyl halides is 3. The lowest BCUT2D eigenvalue weighted by Gasteiger charge is -2.42. The molecule has 0 saturated carbocycles. The molecular weight excluding hydrogens is 641 g/mol. The fourth-order valence-electron chi connectivity index (χ4n) is 4.84. The number of rotatable bonds is 6. The minimum Gasteiger partial charge on any atom is -0.469 e. The molecule has 2 rings (SSSR count). The Bertz CT molecular complexity index is 1210. The first kappa shape index (κ1) is 40.9. The van der Waals surface area contributed by atoms with Gasteiger partial charge >= 0.3 is 39.8 Å². The van der Waals surface area contributed by atoms with Crippen LogP contribution in [0.2, 0.25) is 0 Å². The molecule has 2 amide bonds. The van der Waals surface area contributed by atoms with Gasteiger partial charge in [-0.05, 0) is 74.1 Å². The minimum atomic E-state index is -5.89. The Morgan fingerprint density at radius 3 is 1.43 bits per heavy atom. The average Bonchev–Trinajstić information content (AvgIpc) is 2.94. The van der Waals surface area contributed by atoms with Crippen molar-refractivity contribution in [3.05, 3.63) is 12.7 Å². The Hall–Kier alpha value is -3.08. The van der Waals surface area contributed by atoms with Crippen LogP contribution in [0.15, 0.2) is 12.7 Å². The van der Waals surface area contributed by atoms with Crippen LogP contribution in [-0.2, 0) is 42.8 Å². The van der Waals surface area contributed by atoms with E-state index in [9.17, 15) is 40.8 Å². The molecule has 2 heterocycles. The number of hydrogen-bond acceptors (Lipinski definition) is 11. The summed E-state index contributed by atoms with van der Waals surface area (Å²) in [5.74, 6) is -1.19. The van der Waals surface area contributed by atoms with E-state index < -0.39 is 55.8 Å². The molecule has 17 heteroatoms. The van der Waals surface area contributed by atoms with Gasteiger partial charge in [0.25, 0.3) is 0 Å². The summed E-state index contributed by atoms with van der Waals surface area (Å²) in [6, 6.07) is 0. The summed E-state index contributed by atoms with van der Waals surface area (Å²) in [5.41, 5.74) is -9.19. The summed E-state index contributed by atoms with van der Waals surface area (Å²) in [5, 5.41) is 0. The summed E-state index contributed by atoms with van der Waals surface area (Å²) in [7, 11) is -3.49. The van der Waals surface area contributed by atoms with Crippen molar-refractivity contribution in [2.75, 3.05) is 40.4 Å². The molecule has 266 valence electrons. The minimum absolute atomic E-state index is 0.0379. The van der Waals surface area contributed by atoms with Gasteiger partial charge in [-0.15, -0.1) is 6.58 Å². The summed E-state index contributed by atoms with van der Waals surface area (Å²) < 4.78 is 84.7. The van der Waals surface area contributed by atoms with Gasteiger partial charge in [0.15, 0.2) is 0 Å². The van der Waals surface area contributed by atoms with Crippen LogP contribution in [0.4, 0.5) is 22.8 Å². The van der Waals surface area contributed by atoms with E-state index in [1.807, 2.05) is 20.8 Å². The zero-order chi connectivity index (χ0) is 35.9. The van der Waals surface area contributed by atoms with E-state index >= 15 is 0 Å². The van der Waals surface area contributed by atoms with E-state index in [4.69, 9.17) is 14.2 Å². The van der Waals surface area contributed by atoms with Crippen molar-refractivity contribution in [2.45, 2.75) is 97.0 Å². The second-order valence-corrected chi connectivity index (χ2v) is 14.6. The monoisotopic (exact) mass is 688 g/mol. The molecule has 0 bridgehead atoms. The molecule has 2 fully saturated rings. The van der Waals surface area contributed by atoms with Gasteiger partial charge < -0.3 is 28.7 Å². The first-order chi connectivity index (χ1) is 20.8. The van der Waals surface area contributed by atoms with E-state index in [0.717, 1.165) is 14.0 Å². The van der Waals surface area contributed by atoms with Crippen molar-refractivity contribution in [3.8, 4) is 0 Å². The van der Waals surface area contributed by atoms with Gasteiger partial charge in [0.2, 0.25) is 0 Å². The van der Waals surface area contributed by atoms with Gasteiger partial charge in [-0.3, -0.25) is 13.8 Å². The van der Waals surface area contributed by atoms with Crippen LogP contribution in [0.3, 0.4) is 0 Å². The predicted octanol–water partition coefficient (Wildman–Crippen LogP) is 4.79. The second-order valence-electron chi connectivity index (χ2n) is 13.1. The lowest BCUT2D eigenvalue weighted by molar-refractivity contribution is -0.163. The van der Waals surface area contributed by atoms with Crippen LogP contribution in [-0.4, -0.2) is 106 Å². The molecule has 1 unspecified atom stereocenters. The number of hydrogen-bond donors (Lipinski definition) is 0. The van der Waals surface area contributed by atoms with Gasteiger partial charge in [0, 0.05) is 26.2 Å². The number of ether oxygens (including phenoxy) is 4. The number of carbonyl (C=O) groups is 4. The number of likely N-dealkylation sites (tertiary alicyclic amines) is 2. The Kier molecular flexibility index (Phi) is 13.5. The summed E-state index contributed by atoms with van der Waals surface area (Å²) in [4.78, 5) is 51.0. The molecule has 0 aromatic rings. The smallest absolute Gasteiger partial charge is 0.469 e. The maximum absolute atomic E-state index is 12.6. The fourth-order valence-corrected chi connectivity index (χ4v) is 5.51. The average molecular weight is 689 g/mol. The molecule has 1 atom stereocenters. The lowest BCUT2D eigenvalue weighted by atomic mass is 9.74. The molecule has 2 aliphatic rings. The second kappa shape index (κ2) is 15.2. The Balaban J connectivity index is 0.000000489. The molecular formula is C29H47F3N2O11S. The highest BCUT2D eigenvalue weighted by Crippen LogP contribution is 2.41. The van der Waals surface area contributed by atoms with E-state index in [1.54, 1.807) is 31.7 Å². The fraction of sp³-hybridized carbons (Fsp3) is 0.793. The predicted molar refractivity (Wildman–Crippen MR) is 159 cm³/mol. The van der Waals surface area contributed by atoms with Crippen LogP contribution in [0, 0.1) is 10.8 Å². The molecule has 0 radical (unpaired) electrons. The standard InChI is InChI=1S/C15H24F3NO7S.C14H23NO4/c1-10(26-27(22,23)15(16,17)18)14(11(20)24-5)6-8-19(9-7-14)12(21)25-13(2,3)4;1-6-14(11(16)18-5)7-9-15(10-8-14)12(17)19-13(2,3)4/h10H,6-9H2,1-5H3;6H,1,7-10H2,2-5H3. The van der Waals surface area contributed by atoms with Crippen molar-refractivity contribution < 1.29 is 63.9 Å². The van der Waals surface area contributed by atoms with Crippen LogP contribution in [0.5, 0.6) is 0 Å². The summed E-state index contributed by atoms with van der Waals surface area (Å²) in [6.45, 7) is 16.1. The molecule has 13 nitrogen and oxygen atoms in total. The lowest BCUT2D eigenvalue weighted by Crippen LogP contribution is -2.53. The van der Waals surface area contributed by atoms with E-state index in [0.29, 0.717) is 25.9 Å². The van der Waals surface area contributed by atoms with Gasteiger partial charge in [-0.25, -0.2) is 9.59 Å². The van der Waals surface area contributed by atoms with Gasteiger partial charge in [-0.1, -0.05) is 6.08 Å². The quantitative estimate of drug-likeness (QED) is 0.124. The number of amides is 2. The highest BCUT2D eigenvalue weighted by molar-refractivity contribution is 7.87. The van der Waals surface area contributed by atoms with Crippen molar-refractivity contribution >= 4 is 34.2 Å². The normalized spacial score (nSPS) is 19.0. The zero-order valence-electron chi connectivity index (χ0n) is 27.9. The highest BCUT2D eigenvalue weighted by atomic mass is 32.2. The Labute approximate surface area is 268 Å². The Morgan fingerprint density at radius 2 is 1.13 bits per heavy atom. The largest absolute Gasteiger partial charge is 0.523 e. The summed E-state index contributed by atoms with van der Waals surface area (Å²) in [6.07, 6.45) is -0.248. The van der Waals surface area contributed by atoms with Crippen molar-refractivity contribution in [3.63, 3.8) is 0 Å². The van der Waals surface area contributed by atoms with Crippen LogP contribution < -0.4 is 0 Å². The third kappa shape index (κ3) is 10.7. The van der Waals surface area contributed by atoms with Gasteiger partial charge in [-0.2, -0.15) is 21.6 Å². The van der Waals surface area contributed by atoms with Crippen LogP contribution >= 0.6 is 0 Å². The number of nitrogens with zero attached hydrogens (tertiary/aromatic N) is 2. The molecule has 0 N–H and O–H groups in total. The SMILES string of the molecule is C=CC1(C(=O)OC)CCN(C(=O)OC(C)(C)C)CC1.COC(=O)C1(C(C)OS(=O)(=O)C(F)(F)F)CCN(C(=O)OC(C)(C)C)CC1. The maximum Gasteiger partial charge on any atom is 0.523 e. The molecule has 2 saturated heterocycles. The molecule has 0 spiro atoms. The highest BCUT2D eigenvalue weighted by Gasteiger charge is 2.55. The van der Waals surface area contributed by atoms with E-state index in [2.05, 4.69) is 15.5 Å². The molecule has 0 aromatic heterocycles. The number of carbonyl (C=O) groups excluding carboxylic acids is 4. The van der Waals surface area contributed by atoms with E-state index in [1.165, 1.54) is 12.0 Å². The number of esters is 2. The molecule has 2 aliphatic heterocycles. The van der Waals surface area contributed by atoms with Gasteiger partial charge in [0.05, 0.1) is 31.2 Å². The van der Waals surface area contributed by atoms with Crippen molar-refractivity contribution in [2.24, 2.45) is 10.8 Å². The summed E-state index contributed by atoms with van der Waals surface area (Å²) >= 11 is 0. The topological polar surface area (TPSA) is 155 Å². The number of piperidine rings is 2. The molecule has 0 aliphatic carbocycles. The zero-order valence-corrected chi connectivity index (χ0v) is 28.8. The van der Waals surface area contributed by atoms with Crippen molar-refractivity contribution in [1.82, 2.24) is 9.80 Å². The third-order valence-electron chi connectivity index (χ3n) is 7.52. The first-order valence-electron chi connectivity index (χ1n) is 14.6. The van der Waals surface area contributed by atoms with Gasteiger partial charge in [0.1, 0.15) is 11.2 Å². The van der Waals surface area contributed by atoms with Crippen molar-refractivity contribution in [1.29, 1.82) is 0 Å². The number of halogens is 3. The molecule has 0 aromatic carbocycles. The first-order valence-corrected chi connectivity index (χ1v) is 16.0. The maximum atomic E-state index is 12.6. The molecule has 46 heavy (non-hydrogen) atoms. The van der Waals surface area contributed by atoms with E-state index in [-0.39, 0.29) is 38.0 Å². The Morgan fingerprint density at radius 1 is 0.761 bits per heavy atom. The van der Waals surface area contributed by atoms with Crippen LogP contribution in [0.25, 0.3) is 0 Å².